The topological polar surface area (TPSA) is 80.3 Å². The summed E-state index contributed by atoms with van der Waals surface area (Å²) >= 11 is 1.32. The molecule has 0 aliphatic rings. The molecule has 0 aliphatic heterocycles. The third-order valence-corrected chi connectivity index (χ3v) is 3.08. The first-order valence-corrected chi connectivity index (χ1v) is 6.46. The number of aromatic nitrogens is 1. The number of esters is 1. The van der Waals surface area contributed by atoms with Crippen LogP contribution >= 0.6 is 11.3 Å². The summed E-state index contributed by atoms with van der Waals surface area (Å²) in [4.78, 5) is 27.6. The Kier molecular flexibility index (Phi) is 5.57. The number of thiazole rings is 1. The van der Waals surface area contributed by atoms with Gasteiger partial charge in [0, 0.05) is 11.4 Å². The third kappa shape index (κ3) is 3.99. The van der Waals surface area contributed by atoms with E-state index in [1.54, 1.807) is 6.92 Å². The first-order valence-electron chi connectivity index (χ1n) is 5.64. The third-order valence-electron chi connectivity index (χ3n) is 2.15. The molecule has 1 aromatic rings. The number of carbonyl (C=O) groups is 2. The number of nitrogens with zero attached hydrogens (tertiary/aromatic N) is 1. The van der Waals surface area contributed by atoms with Crippen LogP contribution in [0.1, 0.15) is 28.7 Å². The number of aryl methyl sites for hydroxylation is 1. The minimum atomic E-state index is -0.466. The SMILES string of the molecule is CCCNC(=O)CNc1nc(C(=O)OC)c(C)s1. The Bertz CT molecular complexity index is 431. The maximum absolute atomic E-state index is 11.4. The van der Waals surface area contributed by atoms with Gasteiger partial charge in [0.2, 0.25) is 5.91 Å². The predicted molar refractivity (Wildman–Crippen MR) is 70.0 cm³/mol. The Morgan fingerprint density at radius 2 is 2.17 bits per heavy atom. The number of hydrogen-bond donors (Lipinski definition) is 2. The molecule has 18 heavy (non-hydrogen) atoms. The maximum atomic E-state index is 11.4. The molecule has 0 fully saturated rings. The van der Waals surface area contributed by atoms with Crippen molar-refractivity contribution in [3.05, 3.63) is 10.6 Å². The minimum Gasteiger partial charge on any atom is -0.464 e. The molecule has 1 amide bonds. The van der Waals surface area contributed by atoms with E-state index in [9.17, 15) is 9.59 Å². The molecule has 2 N–H and O–H groups in total. The van der Waals surface area contributed by atoms with Gasteiger partial charge in [-0.15, -0.1) is 11.3 Å². The Morgan fingerprint density at radius 3 is 2.78 bits per heavy atom. The van der Waals surface area contributed by atoms with Gasteiger partial charge in [0.1, 0.15) is 0 Å². The Labute approximate surface area is 110 Å². The number of carbonyl (C=O) groups excluding carboxylic acids is 2. The van der Waals surface area contributed by atoms with Gasteiger partial charge in [-0.1, -0.05) is 6.92 Å². The fourth-order valence-electron chi connectivity index (χ4n) is 1.24. The molecule has 7 heteroatoms. The van der Waals surface area contributed by atoms with E-state index in [1.807, 2.05) is 6.92 Å². The molecule has 0 radical (unpaired) electrons. The highest BCUT2D eigenvalue weighted by Gasteiger charge is 2.15. The zero-order valence-electron chi connectivity index (χ0n) is 10.7. The lowest BCUT2D eigenvalue weighted by Gasteiger charge is -2.03. The number of amides is 1. The zero-order chi connectivity index (χ0) is 13.5. The normalized spacial score (nSPS) is 9.94. The van der Waals surface area contributed by atoms with Crippen LogP contribution in [-0.2, 0) is 9.53 Å². The lowest BCUT2D eigenvalue weighted by Crippen LogP contribution is -2.30. The van der Waals surface area contributed by atoms with E-state index < -0.39 is 5.97 Å². The molecule has 1 heterocycles. The largest absolute Gasteiger partial charge is 0.464 e. The Hall–Kier alpha value is -1.63. The van der Waals surface area contributed by atoms with Crippen LogP contribution in [0.25, 0.3) is 0 Å². The van der Waals surface area contributed by atoms with E-state index in [1.165, 1.54) is 18.4 Å². The molecule has 1 rings (SSSR count). The first-order chi connectivity index (χ1) is 8.58. The van der Waals surface area contributed by atoms with E-state index in [2.05, 4.69) is 20.4 Å². The summed E-state index contributed by atoms with van der Waals surface area (Å²) in [6.45, 7) is 4.57. The molecule has 0 bridgehead atoms. The van der Waals surface area contributed by atoms with Crippen molar-refractivity contribution in [1.29, 1.82) is 0 Å². The molecule has 0 atom stereocenters. The van der Waals surface area contributed by atoms with Crippen molar-refractivity contribution in [1.82, 2.24) is 10.3 Å². The summed E-state index contributed by atoms with van der Waals surface area (Å²) < 4.78 is 4.61. The molecular formula is C11H17N3O3S. The van der Waals surface area contributed by atoms with Gasteiger partial charge in [0.15, 0.2) is 10.8 Å². The van der Waals surface area contributed by atoms with Crippen molar-refractivity contribution >= 4 is 28.3 Å². The number of anilines is 1. The van der Waals surface area contributed by atoms with Gasteiger partial charge in [0.05, 0.1) is 13.7 Å². The Morgan fingerprint density at radius 1 is 1.44 bits per heavy atom. The fraction of sp³-hybridized carbons (Fsp3) is 0.545. The van der Waals surface area contributed by atoms with E-state index in [4.69, 9.17) is 0 Å². The van der Waals surface area contributed by atoms with Crippen LogP contribution in [0.3, 0.4) is 0 Å². The highest BCUT2D eigenvalue weighted by Crippen LogP contribution is 2.22. The van der Waals surface area contributed by atoms with Crippen molar-refractivity contribution in [2.45, 2.75) is 20.3 Å². The van der Waals surface area contributed by atoms with E-state index in [0.29, 0.717) is 17.4 Å². The van der Waals surface area contributed by atoms with Crippen molar-refractivity contribution in [2.75, 3.05) is 25.5 Å². The molecule has 0 saturated carbocycles. The summed E-state index contributed by atoms with van der Waals surface area (Å²) in [5.74, 6) is -0.559. The monoisotopic (exact) mass is 271 g/mol. The summed E-state index contributed by atoms with van der Waals surface area (Å²) in [6, 6.07) is 0. The van der Waals surface area contributed by atoms with Gasteiger partial charge < -0.3 is 15.4 Å². The molecule has 1 aromatic heterocycles. The van der Waals surface area contributed by atoms with Crippen LogP contribution in [-0.4, -0.2) is 37.1 Å². The molecule has 0 saturated heterocycles. The summed E-state index contributed by atoms with van der Waals surface area (Å²) in [5, 5.41) is 6.16. The van der Waals surface area contributed by atoms with Gasteiger partial charge in [-0.3, -0.25) is 4.79 Å². The number of methoxy groups -OCH3 is 1. The lowest BCUT2D eigenvalue weighted by molar-refractivity contribution is -0.119. The van der Waals surface area contributed by atoms with Gasteiger partial charge >= 0.3 is 5.97 Å². The fourth-order valence-corrected chi connectivity index (χ4v) is 2.04. The van der Waals surface area contributed by atoms with Crippen molar-refractivity contribution in [3.63, 3.8) is 0 Å². The van der Waals surface area contributed by atoms with Crippen LogP contribution < -0.4 is 10.6 Å². The minimum absolute atomic E-state index is 0.0932. The standard InChI is InChI=1S/C11H17N3O3S/c1-4-5-12-8(15)6-13-11-14-9(7(2)18-11)10(16)17-3/h4-6H2,1-3H3,(H,12,15)(H,13,14). The van der Waals surface area contributed by atoms with E-state index >= 15 is 0 Å². The highest BCUT2D eigenvalue weighted by molar-refractivity contribution is 7.15. The molecule has 6 nitrogen and oxygen atoms in total. The van der Waals surface area contributed by atoms with Gasteiger partial charge in [0.25, 0.3) is 0 Å². The molecule has 0 unspecified atom stereocenters. The van der Waals surface area contributed by atoms with Gasteiger partial charge in [-0.2, -0.15) is 0 Å². The van der Waals surface area contributed by atoms with Crippen LogP contribution in [0.5, 0.6) is 0 Å². The zero-order valence-corrected chi connectivity index (χ0v) is 11.5. The van der Waals surface area contributed by atoms with Gasteiger partial charge in [-0.25, -0.2) is 9.78 Å². The van der Waals surface area contributed by atoms with Gasteiger partial charge in [-0.05, 0) is 13.3 Å². The number of nitrogens with one attached hydrogen (secondary N) is 2. The molecule has 0 aliphatic carbocycles. The van der Waals surface area contributed by atoms with Crippen LogP contribution in [0.15, 0.2) is 0 Å². The second kappa shape index (κ2) is 6.95. The second-order valence-corrected chi connectivity index (χ2v) is 4.82. The maximum Gasteiger partial charge on any atom is 0.357 e. The summed E-state index contributed by atoms with van der Waals surface area (Å²) in [6.07, 6.45) is 0.897. The number of ether oxygens (including phenoxy) is 1. The van der Waals surface area contributed by atoms with Crippen LogP contribution in [0.4, 0.5) is 5.13 Å². The van der Waals surface area contributed by atoms with Crippen molar-refractivity contribution in [2.24, 2.45) is 0 Å². The van der Waals surface area contributed by atoms with Crippen LogP contribution in [0.2, 0.25) is 0 Å². The molecule has 0 spiro atoms. The lowest BCUT2D eigenvalue weighted by atomic mass is 10.4. The average molecular weight is 271 g/mol. The molecule has 100 valence electrons. The van der Waals surface area contributed by atoms with E-state index in [-0.39, 0.29) is 12.5 Å². The Balaban J connectivity index is 2.53. The summed E-state index contributed by atoms with van der Waals surface area (Å²) in [5.41, 5.74) is 0.291. The summed E-state index contributed by atoms with van der Waals surface area (Å²) in [7, 11) is 1.31. The molecular weight excluding hydrogens is 254 g/mol. The quantitative estimate of drug-likeness (QED) is 0.759. The van der Waals surface area contributed by atoms with E-state index in [0.717, 1.165) is 11.3 Å². The second-order valence-electron chi connectivity index (χ2n) is 3.62. The number of hydrogen-bond acceptors (Lipinski definition) is 6. The average Bonchev–Trinajstić information content (AvgIpc) is 2.74. The first kappa shape index (κ1) is 14.4. The predicted octanol–water partition coefficient (Wildman–Crippen LogP) is 1.18. The molecule has 0 aromatic carbocycles. The smallest absolute Gasteiger partial charge is 0.357 e. The van der Waals surface area contributed by atoms with Crippen molar-refractivity contribution < 1.29 is 14.3 Å². The highest BCUT2D eigenvalue weighted by atomic mass is 32.1. The van der Waals surface area contributed by atoms with Crippen LogP contribution in [0, 0.1) is 6.92 Å². The number of rotatable bonds is 6. The van der Waals surface area contributed by atoms with Crippen molar-refractivity contribution in [3.8, 4) is 0 Å².